The molecule has 0 aliphatic heterocycles. The van der Waals surface area contributed by atoms with Crippen LogP contribution in [0.5, 0.6) is 0 Å². The van der Waals surface area contributed by atoms with Gasteiger partial charge in [0.2, 0.25) is 6.41 Å². The van der Waals surface area contributed by atoms with Crippen LogP contribution in [-0.2, 0) is 9.53 Å². The van der Waals surface area contributed by atoms with Crippen molar-refractivity contribution in [3.63, 3.8) is 0 Å². The van der Waals surface area contributed by atoms with Crippen LogP contribution in [-0.4, -0.2) is 19.5 Å². The van der Waals surface area contributed by atoms with Crippen LogP contribution in [0.15, 0.2) is 6.07 Å². The zero-order valence-electron chi connectivity index (χ0n) is 10.8. The topological polar surface area (TPSA) is 55.4 Å². The molecule has 5 heteroatoms. The molecule has 18 heavy (non-hydrogen) atoms. The summed E-state index contributed by atoms with van der Waals surface area (Å²) in [5, 5.41) is 2.47. The van der Waals surface area contributed by atoms with Gasteiger partial charge in [-0.25, -0.2) is 4.79 Å². The molecule has 0 aliphatic rings. The Kier molecular flexibility index (Phi) is 4.51. The van der Waals surface area contributed by atoms with Crippen LogP contribution in [0.25, 0.3) is 0 Å². The summed E-state index contributed by atoms with van der Waals surface area (Å²) < 4.78 is 4.65. The van der Waals surface area contributed by atoms with E-state index in [9.17, 15) is 9.59 Å². The summed E-state index contributed by atoms with van der Waals surface area (Å²) in [5.41, 5.74) is 0.313. The standard InChI is InChI=1S/C13H15NO3S/c1-13(2,3)6-5-9-7-10(14-8-15)11(18-9)12(16)17-4/h7-8H,1-4H3,(H,14,15). The number of anilines is 1. The van der Waals surface area contributed by atoms with Gasteiger partial charge in [0, 0.05) is 5.41 Å². The maximum atomic E-state index is 11.5. The first-order valence-electron chi connectivity index (χ1n) is 5.33. The Hall–Kier alpha value is -1.80. The van der Waals surface area contributed by atoms with Crippen LogP contribution < -0.4 is 5.32 Å². The Bertz CT molecular complexity index is 515. The molecule has 0 saturated heterocycles. The monoisotopic (exact) mass is 265 g/mol. The van der Waals surface area contributed by atoms with Gasteiger partial charge in [-0.15, -0.1) is 11.3 Å². The SMILES string of the molecule is COC(=O)c1sc(C#CC(C)(C)C)cc1NC=O. The molecule has 1 aromatic rings. The number of hydrogen-bond donors (Lipinski definition) is 1. The van der Waals surface area contributed by atoms with Crippen molar-refractivity contribution in [2.75, 3.05) is 12.4 Å². The number of hydrogen-bond acceptors (Lipinski definition) is 4. The first kappa shape index (κ1) is 14.3. The van der Waals surface area contributed by atoms with Gasteiger partial charge in [-0.1, -0.05) is 11.8 Å². The van der Waals surface area contributed by atoms with Gasteiger partial charge in [0.25, 0.3) is 0 Å². The fourth-order valence-electron chi connectivity index (χ4n) is 1.12. The Morgan fingerprint density at radius 3 is 2.67 bits per heavy atom. The van der Waals surface area contributed by atoms with Crippen molar-refractivity contribution >= 4 is 29.4 Å². The highest BCUT2D eigenvalue weighted by Gasteiger charge is 2.16. The largest absolute Gasteiger partial charge is 0.465 e. The van der Waals surface area contributed by atoms with Crippen LogP contribution >= 0.6 is 11.3 Å². The molecule has 0 aliphatic carbocycles. The molecule has 4 nitrogen and oxygen atoms in total. The van der Waals surface area contributed by atoms with Crippen LogP contribution in [0.3, 0.4) is 0 Å². The molecule has 0 unspecified atom stereocenters. The predicted molar refractivity (Wildman–Crippen MR) is 71.7 cm³/mol. The lowest BCUT2D eigenvalue weighted by atomic mass is 9.98. The van der Waals surface area contributed by atoms with E-state index in [2.05, 4.69) is 21.9 Å². The second-order valence-corrected chi connectivity index (χ2v) is 5.66. The van der Waals surface area contributed by atoms with Crippen LogP contribution in [0, 0.1) is 17.3 Å². The molecule has 0 fully saturated rings. The second-order valence-electron chi connectivity index (χ2n) is 4.61. The smallest absolute Gasteiger partial charge is 0.350 e. The minimum Gasteiger partial charge on any atom is -0.465 e. The van der Waals surface area contributed by atoms with Crippen molar-refractivity contribution in [1.82, 2.24) is 0 Å². The summed E-state index contributed by atoms with van der Waals surface area (Å²) in [6.07, 6.45) is 0.523. The van der Waals surface area contributed by atoms with E-state index >= 15 is 0 Å². The third kappa shape index (κ3) is 3.90. The van der Waals surface area contributed by atoms with Crippen molar-refractivity contribution < 1.29 is 14.3 Å². The summed E-state index contributed by atoms with van der Waals surface area (Å²) in [7, 11) is 1.30. The predicted octanol–water partition coefficient (Wildman–Crippen LogP) is 2.50. The lowest BCUT2D eigenvalue weighted by Gasteiger charge is -2.06. The second kappa shape index (κ2) is 5.69. The van der Waals surface area contributed by atoms with Crippen molar-refractivity contribution in [1.29, 1.82) is 0 Å². The summed E-state index contributed by atoms with van der Waals surface area (Å²) >= 11 is 1.20. The highest BCUT2D eigenvalue weighted by molar-refractivity contribution is 7.15. The van der Waals surface area contributed by atoms with Gasteiger partial charge in [0.1, 0.15) is 4.88 Å². The highest BCUT2D eigenvalue weighted by atomic mass is 32.1. The van der Waals surface area contributed by atoms with E-state index < -0.39 is 5.97 Å². The van der Waals surface area contributed by atoms with Crippen molar-refractivity contribution in [3.8, 4) is 11.8 Å². The minimum absolute atomic E-state index is 0.117. The Balaban J connectivity index is 3.12. The van der Waals surface area contributed by atoms with Crippen molar-refractivity contribution in [3.05, 3.63) is 15.8 Å². The zero-order chi connectivity index (χ0) is 13.8. The number of esters is 1. The lowest BCUT2D eigenvalue weighted by Crippen LogP contribution is -2.03. The Labute approximate surface area is 110 Å². The number of ether oxygens (including phenoxy) is 1. The van der Waals surface area contributed by atoms with E-state index in [1.165, 1.54) is 18.4 Å². The number of rotatable bonds is 3. The van der Waals surface area contributed by atoms with Gasteiger partial charge < -0.3 is 10.1 Å². The third-order valence-corrected chi connectivity index (χ3v) is 2.91. The maximum absolute atomic E-state index is 11.5. The Morgan fingerprint density at radius 2 is 2.17 bits per heavy atom. The van der Waals surface area contributed by atoms with E-state index in [0.29, 0.717) is 17.0 Å². The fraction of sp³-hybridized carbons (Fsp3) is 0.385. The number of thiophene rings is 1. The average molecular weight is 265 g/mol. The zero-order valence-corrected chi connectivity index (χ0v) is 11.6. The Morgan fingerprint density at radius 1 is 1.50 bits per heavy atom. The molecule has 1 heterocycles. The lowest BCUT2D eigenvalue weighted by molar-refractivity contribution is -0.105. The summed E-state index contributed by atoms with van der Waals surface area (Å²) in [6.45, 7) is 6.00. The molecule has 0 radical (unpaired) electrons. The van der Waals surface area contributed by atoms with E-state index in [1.807, 2.05) is 20.8 Å². The van der Waals surface area contributed by atoms with Gasteiger partial charge in [0.15, 0.2) is 0 Å². The van der Waals surface area contributed by atoms with Crippen LogP contribution in [0.4, 0.5) is 5.69 Å². The van der Waals surface area contributed by atoms with Crippen LogP contribution in [0.1, 0.15) is 35.3 Å². The third-order valence-electron chi connectivity index (χ3n) is 1.88. The number of nitrogens with one attached hydrogen (secondary N) is 1. The molecule has 0 aromatic carbocycles. The summed E-state index contributed by atoms with van der Waals surface area (Å²) in [6, 6.07) is 1.67. The number of methoxy groups -OCH3 is 1. The van der Waals surface area contributed by atoms with E-state index in [-0.39, 0.29) is 5.41 Å². The molecular weight excluding hydrogens is 250 g/mol. The van der Waals surface area contributed by atoms with E-state index in [1.54, 1.807) is 6.07 Å². The molecule has 1 aromatic heterocycles. The molecule has 1 rings (SSSR count). The van der Waals surface area contributed by atoms with Crippen molar-refractivity contribution in [2.45, 2.75) is 20.8 Å². The average Bonchev–Trinajstić information content (AvgIpc) is 2.68. The number of carbonyl (C=O) groups excluding carboxylic acids is 2. The minimum atomic E-state index is -0.479. The van der Waals surface area contributed by atoms with Gasteiger partial charge in [-0.3, -0.25) is 4.79 Å². The van der Waals surface area contributed by atoms with Crippen molar-refractivity contribution in [2.24, 2.45) is 5.41 Å². The summed E-state index contributed by atoms with van der Waals surface area (Å²) in [4.78, 5) is 23.0. The number of amides is 1. The summed E-state index contributed by atoms with van der Waals surface area (Å²) in [5.74, 6) is 5.58. The quantitative estimate of drug-likeness (QED) is 0.519. The first-order valence-corrected chi connectivity index (χ1v) is 6.14. The van der Waals surface area contributed by atoms with E-state index in [4.69, 9.17) is 0 Å². The van der Waals surface area contributed by atoms with Gasteiger partial charge in [-0.05, 0) is 26.8 Å². The molecule has 1 N–H and O–H groups in total. The molecule has 1 amide bonds. The maximum Gasteiger partial charge on any atom is 0.350 e. The first-order chi connectivity index (χ1) is 8.37. The molecule has 0 atom stereocenters. The molecular formula is C13H15NO3S. The van der Waals surface area contributed by atoms with Gasteiger partial charge in [-0.2, -0.15) is 0 Å². The van der Waals surface area contributed by atoms with E-state index in [0.717, 1.165) is 4.88 Å². The normalized spacial score (nSPS) is 10.2. The van der Waals surface area contributed by atoms with Gasteiger partial charge >= 0.3 is 5.97 Å². The van der Waals surface area contributed by atoms with Crippen LogP contribution in [0.2, 0.25) is 0 Å². The van der Waals surface area contributed by atoms with Gasteiger partial charge in [0.05, 0.1) is 17.7 Å². The molecule has 0 bridgehead atoms. The number of carbonyl (C=O) groups is 2. The molecule has 0 saturated carbocycles. The molecule has 96 valence electrons. The fourth-order valence-corrected chi connectivity index (χ4v) is 2.01. The highest BCUT2D eigenvalue weighted by Crippen LogP contribution is 2.27. The molecule has 0 spiro atoms.